The molecule has 2 fully saturated rings. The molecular formula is C27H43ClN4O3. The van der Waals surface area contributed by atoms with Crippen LogP contribution in [0.5, 0.6) is 0 Å². The second kappa shape index (κ2) is 14.0. The summed E-state index contributed by atoms with van der Waals surface area (Å²) in [6.07, 6.45) is 10.9. The number of amides is 3. The van der Waals surface area contributed by atoms with Crippen LogP contribution < -0.4 is 16.0 Å². The second-order valence-corrected chi connectivity index (χ2v) is 10.8. The summed E-state index contributed by atoms with van der Waals surface area (Å²) in [5.41, 5.74) is -0.352. The van der Waals surface area contributed by atoms with Gasteiger partial charge in [-0.3, -0.25) is 4.79 Å². The summed E-state index contributed by atoms with van der Waals surface area (Å²) >= 11 is 6.27. The van der Waals surface area contributed by atoms with Crippen molar-refractivity contribution >= 4 is 24.0 Å². The van der Waals surface area contributed by atoms with Crippen LogP contribution in [0.1, 0.15) is 69.8 Å². The van der Waals surface area contributed by atoms with Crippen LogP contribution in [0.25, 0.3) is 0 Å². The van der Waals surface area contributed by atoms with Gasteiger partial charge in [-0.15, -0.1) is 0 Å². The number of rotatable bonds is 12. The first-order valence-corrected chi connectivity index (χ1v) is 13.7. The number of piperidine rings is 1. The van der Waals surface area contributed by atoms with Crippen molar-refractivity contribution in [3.05, 3.63) is 34.9 Å². The number of benzene rings is 1. The fourth-order valence-corrected chi connectivity index (χ4v) is 6.13. The van der Waals surface area contributed by atoms with Gasteiger partial charge in [-0.25, -0.2) is 4.79 Å². The van der Waals surface area contributed by atoms with Gasteiger partial charge in [0.2, 0.25) is 6.41 Å². The van der Waals surface area contributed by atoms with Crippen LogP contribution in [0.4, 0.5) is 4.79 Å². The Bertz CT molecular complexity index is 804. The number of nitrogens with zero attached hydrogens (tertiary/aromatic N) is 1. The van der Waals surface area contributed by atoms with Gasteiger partial charge in [0.1, 0.15) is 0 Å². The van der Waals surface area contributed by atoms with E-state index in [0.29, 0.717) is 49.8 Å². The number of likely N-dealkylation sites (tertiary alicyclic amines) is 1. The third-order valence-electron chi connectivity index (χ3n) is 7.79. The zero-order chi connectivity index (χ0) is 25.1. The molecule has 1 aliphatic carbocycles. The van der Waals surface area contributed by atoms with Crippen molar-refractivity contribution in [3.63, 3.8) is 0 Å². The summed E-state index contributed by atoms with van der Waals surface area (Å²) in [7, 11) is 1.93. The number of hydrogen-bond acceptors (Lipinski definition) is 4. The molecule has 0 spiro atoms. The van der Waals surface area contributed by atoms with Crippen molar-refractivity contribution in [2.75, 3.05) is 33.2 Å². The molecule has 1 aliphatic heterocycles. The lowest BCUT2D eigenvalue weighted by Crippen LogP contribution is -2.54. The molecule has 0 bridgehead atoms. The highest BCUT2D eigenvalue weighted by Gasteiger charge is 2.41. The molecule has 1 aromatic rings. The number of likely N-dealkylation sites (N-methyl/N-ethyl adjacent to an activating group) is 1. The minimum absolute atomic E-state index is 0.0400. The quantitative estimate of drug-likeness (QED) is 0.254. The van der Waals surface area contributed by atoms with Crippen LogP contribution in [0.2, 0.25) is 5.02 Å². The minimum Gasteiger partial charge on any atom is -0.385 e. The summed E-state index contributed by atoms with van der Waals surface area (Å²) in [6, 6.07) is 7.45. The Kier molecular flexibility index (Phi) is 11.1. The maximum absolute atomic E-state index is 13.3. The molecule has 3 rings (SSSR count). The lowest BCUT2D eigenvalue weighted by Gasteiger charge is -2.43. The van der Waals surface area contributed by atoms with Crippen molar-refractivity contribution in [2.24, 2.45) is 11.8 Å². The van der Waals surface area contributed by atoms with E-state index in [1.54, 1.807) is 6.07 Å². The van der Waals surface area contributed by atoms with E-state index in [1.807, 2.05) is 30.1 Å². The molecule has 1 saturated heterocycles. The molecule has 7 nitrogen and oxygen atoms in total. The molecule has 1 saturated carbocycles. The van der Waals surface area contributed by atoms with Gasteiger partial charge in [0.05, 0.1) is 5.60 Å². The van der Waals surface area contributed by atoms with Crippen molar-refractivity contribution in [1.82, 2.24) is 20.9 Å². The van der Waals surface area contributed by atoms with E-state index in [0.717, 1.165) is 31.4 Å². The molecule has 8 heteroatoms. The average molecular weight is 507 g/mol. The molecule has 196 valence electrons. The highest BCUT2D eigenvalue weighted by molar-refractivity contribution is 6.30. The summed E-state index contributed by atoms with van der Waals surface area (Å²) in [6.45, 7) is 2.44. The predicted octanol–water partition coefficient (Wildman–Crippen LogP) is 4.03. The van der Waals surface area contributed by atoms with Gasteiger partial charge < -0.3 is 26.0 Å². The van der Waals surface area contributed by atoms with Crippen LogP contribution in [-0.2, 0) is 10.4 Å². The summed E-state index contributed by atoms with van der Waals surface area (Å²) in [4.78, 5) is 25.9. The molecular weight excluding hydrogens is 464 g/mol. The number of carbonyl (C=O) groups excluding carboxylic acids is 2. The first-order chi connectivity index (χ1) is 17.0. The Morgan fingerprint density at radius 2 is 2.06 bits per heavy atom. The number of halogens is 1. The monoisotopic (exact) mass is 506 g/mol. The van der Waals surface area contributed by atoms with E-state index in [9.17, 15) is 14.7 Å². The first kappa shape index (κ1) is 27.8. The van der Waals surface area contributed by atoms with E-state index in [1.165, 1.54) is 32.1 Å². The topological polar surface area (TPSA) is 93.7 Å². The Morgan fingerprint density at radius 3 is 2.77 bits per heavy atom. The second-order valence-electron chi connectivity index (χ2n) is 10.3. The average Bonchev–Trinajstić information content (AvgIpc) is 2.87. The maximum atomic E-state index is 13.3. The van der Waals surface area contributed by atoms with Crippen molar-refractivity contribution < 1.29 is 14.7 Å². The van der Waals surface area contributed by atoms with E-state index in [-0.39, 0.29) is 18.0 Å². The molecule has 4 N–H and O–H groups in total. The number of nitrogens with one attached hydrogen (secondary N) is 3. The fraction of sp³-hybridized carbons (Fsp3) is 0.704. The molecule has 1 aromatic carbocycles. The summed E-state index contributed by atoms with van der Waals surface area (Å²) in [5.74, 6) is 0.571. The molecule has 0 aromatic heterocycles. The highest BCUT2D eigenvalue weighted by Crippen LogP contribution is 2.40. The fourth-order valence-electron chi connectivity index (χ4n) is 5.94. The Balaban J connectivity index is 1.68. The lowest BCUT2D eigenvalue weighted by atomic mass is 9.74. The lowest BCUT2D eigenvalue weighted by molar-refractivity contribution is -0.109. The first-order valence-electron chi connectivity index (χ1n) is 13.3. The summed E-state index contributed by atoms with van der Waals surface area (Å²) < 4.78 is 0. The highest BCUT2D eigenvalue weighted by atomic mass is 35.5. The minimum atomic E-state index is -1.12. The van der Waals surface area contributed by atoms with E-state index in [4.69, 9.17) is 11.6 Å². The van der Waals surface area contributed by atoms with Gasteiger partial charge in [-0.1, -0.05) is 55.8 Å². The van der Waals surface area contributed by atoms with Gasteiger partial charge in [-0.2, -0.15) is 0 Å². The molecule has 3 atom stereocenters. The van der Waals surface area contributed by atoms with Crippen LogP contribution in [-0.4, -0.2) is 61.7 Å². The largest absolute Gasteiger partial charge is 0.385 e. The molecule has 1 heterocycles. The maximum Gasteiger partial charge on any atom is 0.317 e. The molecule has 35 heavy (non-hydrogen) atoms. The zero-order valence-electron chi connectivity index (χ0n) is 21.1. The van der Waals surface area contributed by atoms with Gasteiger partial charge in [-0.05, 0) is 62.8 Å². The van der Waals surface area contributed by atoms with E-state index < -0.39 is 5.60 Å². The zero-order valence-corrected chi connectivity index (χ0v) is 21.9. The normalized spacial score (nSPS) is 21.7. The Morgan fingerprint density at radius 1 is 1.26 bits per heavy atom. The van der Waals surface area contributed by atoms with Crippen LogP contribution in [0.3, 0.4) is 0 Å². The van der Waals surface area contributed by atoms with E-state index in [2.05, 4.69) is 16.0 Å². The number of aliphatic hydroxyl groups is 1. The van der Waals surface area contributed by atoms with Crippen molar-refractivity contribution in [3.8, 4) is 0 Å². The molecule has 3 unspecified atom stereocenters. The standard InChI is InChI=1S/C27H43ClN4O3/c1-29-18-25(16-21-8-3-2-4-9-21)31-26(34)32-15-6-11-23(19-32)27(35,13-7-14-30-20-33)22-10-5-12-24(28)17-22/h5,10,12,17,20-21,23,25,29,35H,2-4,6-9,11,13-16,18-19H2,1H3,(H,30,33)(H,31,34). The molecule has 2 aliphatic rings. The van der Waals surface area contributed by atoms with Gasteiger partial charge in [0.25, 0.3) is 0 Å². The van der Waals surface area contributed by atoms with Crippen LogP contribution >= 0.6 is 11.6 Å². The van der Waals surface area contributed by atoms with Gasteiger partial charge in [0, 0.05) is 43.2 Å². The molecule has 0 radical (unpaired) electrons. The summed E-state index contributed by atoms with van der Waals surface area (Å²) in [5, 5.41) is 21.8. The molecule has 3 amide bonds. The Hall–Kier alpha value is -1.83. The SMILES string of the molecule is CNCC(CC1CCCCC1)NC(=O)N1CCCC(C(O)(CCCNC=O)c2cccc(Cl)c2)C1. The third kappa shape index (κ3) is 8.09. The number of carbonyl (C=O) groups is 2. The van der Waals surface area contributed by atoms with Crippen LogP contribution in [0, 0.1) is 11.8 Å². The van der Waals surface area contributed by atoms with Crippen molar-refractivity contribution in [2.45, 2.75) is 75.9 Å². The van der Waals surface area contributed by atoms with Gasteiger partial charge in [0.15, 0.2) is 0 Å². The predicted molar refractivity (Wildman–Crippen MR) is 140 cm³/mol. The number of hydrogen-bond donors (Lipinski definition) is 4. The van der Waals surface area contributed by atoms with Crippen molar-refractivity contribution in [1.29, 1.82) is 0 Å². The van der Waals surface area contributed by atoms with Crippen LogP contribution in [0.15, 0.2) is 24.3 Å². The smallest absolute Gasteiger partial charge is 0.317 e. The van der Waals surface area contributed by atoms with E-state index >= 15 is 0 Å². The third-order valence-corrected chi connectivity index (χ3v) is 8.03. The van der Waals surface area contributed by atoms with Gasteiger partial charge >= 0.3 is 6.03 Å². The Labute approximate surface area is 215 Å². The number of urea groups is 1.